The van der Waals surface area contributed by atoms with Gasteiger partial charge in [-0.1, -0.05) is 17.7 Å². The Morgan fingerprint density at radius 2 is 2.15 bits per heavy atom. The number of sulfonamides is 1. The van der Waals surface area contributed by atoms with Crippen molar-refractivity contribution < 1.29 is 18.3 Å². The molecule has 1 aromatic rings. The molecular formula is C12H14ClNO4S2. The Kier molecular flexibility index (Phi) is 4.34. The Hall–Kier alpha value is -0.760. The van der Waals surface area contributed by atoms with Gasteiger partial charge in [0.1, 0.15) is 10.9 Å². The van der Waals surface area contributed by atoms with E-state index in [0.717, 1.165) is 9.87 Å². The van der Waals surface area contributed by atoms with E-state index >= 15 is 0 Å². The monoisotopic (exact) mass is 335 g/mol. The minimum Gasteiger partial charge on any atom is -0.480 e. The van der Waals surface area contributed by atoms with Crippen molar-refractivity contribution in [3.63, 3.8) is 0 Å². The molecule has 8 heteroatoms. The second kappa shape index (κ2) is 5.55. The molecule has 1 N–H and O–H groups in total. The minimum absolute atomic E-state index is 0.0506. The molecule has 1 aliphatic rings. The van der Waals surface area contributed by atoms with E-state index in [1.54, 1.807) is 26.0 Å². The van der Waals surface area contributed by atoms with Crippen LogP contribution in [0.4, 0.5) is 0 Å². The van der Waals surface area contributed by atoms with Crippen LogP contribution in [0.5, 0.6) is 0 Å². The zero-order valence-electron chi connectivity index (χ0n) is 10.9. The van der Waals surface area contributed by atoms with Gasteiger partial charge in [0, 0.05) is 5.75 Å². The van der Waals surface area contributed by atoms with Gasteiger partial charge in [0.2, 0.25) is 10.0 Å². The van der Waals surface area contributed by atoms with Crippen LogP contribution < -0.4 is 0 Å². The van der Waals surface area contributed by atoms with Crippen LogP contribution in [-0.4, -0.2) is 41.0 Å². The summed E-state index contributed by atoms with van der Waals surface area (Å²) in [5.41, 5.74) is 0.840. The van der Waals surface area contributed by atoms with E-state index in [1.165, 1.54) is 17.8 Å². The molecule has 2 unspecified atom stereocenters. The summed E-state index contributed by atoms with van der Waals surface area (Å²) in [5, 5.41) is 8.85. The third-order valence-corrected chi connectivity index (χ3v) is 6.90. The number of aryl methyl sites for hydroxylation is 1. The molecule has 0 aromatic heterocycles. The summed E-state index contributed by atoms with van der Waals surface area (Å²) in [7, 11) is -3.93. The predicted molar refractivity (Wildman–Crippen MR) is 78.6 cm³/mol. The average molecular weight is 336 g/mol. The van der Waals surface area contributed by atoms with Crippen molar-refractivity contribution in [2.45, 2.75) is 30.2 Å². The largest absolute Gasteiger partial charge is 0.480 e. The highest BCUT2D eigenvalue weighted by Crippen LogP contribution is 2.36. The third kappa shape index (κ3) is 2.67. The first-order chi connectivity index (χ1) is 9.25. The number of hydrogen-bond donors (Lipinski definition) is 1. The van der Waals surface area contributed by atoms with Gasteiger partial charge in [-0.3, -0.25) is 4.79 Å². The SMILES string of the molecule is Cc1ccc(S(=O)(=O)N2C(C)SCC2C(=O)O)c(Cl)c1. The van der Waals surface area contributed by atoms with Crippen molar-refractivity contribution in [1.82, 2.24) is 4.31 Å². The van der Waals surface area contributed by atoms with Crippen molar-refractivity contribution in [3.05, 3.63) is 28.8 Å². The second-order valence-electron chi connectivity index (χ2n) is 4.56. The summed E-state index contributed by atoms with van der Waals surface area (Å²) in [5.74, 6) is -0.909. The number of aliphatic carboxylic acids is 1. The fourth-order valence-electron chi connectivity index (χ4n) is 2.10. The van der Waals surface area contributed by atoms with Crippen LogP contribution in [0.25, 0.3) is 0 Å². The Morgan fingerprint density at radius 3 is 2.70 bits per heavy atom. The Morgan fingerprint density at radius 1 is 1.50 bits per heavy atom. The molecule has 110 valence electrons. The Bertz CT molecular complexity index is 647. The van der Waals surface area contributed by atoms with Crippen LogP contribution in [-0.2, 0) is 14.8 Å². The van der Waals surface area contributed by atoms with Gasteiger partial charge in [0.25, 0.3) is 0 Å². The number of benzene rings is 1. The van der Waals surface area contributed by atoms with E-state index in [-0.39, 0.29) is 15.7 Å². The number of hydrogen-bond acceptors (Lipinski definition) is 4. The molecule has 0 radical (unpaired) electrons. The summed E-state index contributed by atoms with van der Waals surface area (Å²) in [6.07, 6.45) is 0. The Balaban J connectivity index is 2.51. The first kappa shape index (κ1) is 15.6. The van der Waals surface area contributed by atoms with Gasteiger partial charge < -0.3 is 5.11 Å². The van der Waals surface area contributed by atoms with E-state index in [9.17, 15) is 18.3 Å². The average Bonchev–Trinajstić information content (AvgIpc) is 2.71. The van der Waals surface area contributed by atoms with Gasteiger partial charge in [-0.15, -0.1) is 11.8 Å². The second-order valence-corrected chi connectivity index (χ2v) is 8.12. The molecule has 0 aliphatic carbocycles. The van der Waals surface area contributed by atoms with E-state index < -0.39 is 27.4 Å². The highest BCUT2D eigenvalue weighted by atomic mass is 35.5. The van der Waals surface area contributed by atoms with E-state index in [0.29, 0.717) is 0 Å². The molecule has 0 amide bonds. The molecule has 0 bridgehead atoms. The van der Waals surface area contributed by atoms with Crippen LogP contribution in [0.3, 0.4) is 0 Å². The van der Waals surface area contributed by atoms with Crippen LogP contribution in [0.15, 0.2) is 23.1 Å². The highest BCUT2D eigenvalue weighted by molar-refractivity contribution is 8.01. The summed E-state index contributed by atoms with van der Waals surface area (Å²) in [6, 6.07) is 3.56. The van der Waals surface area contributed by atoms with Crippen LogP contribution in [0.2, 0.25) is 5.02 Å². The quantitative estimate of drug-likeness (QED) is 0.916. The summed E-state index contributed by atoms with van der Waals surface area (Å²) in [6.45, 7) is 3.48. The van der Waals surface area contributed by atoms with Crippen molar-refractivity contribution >= 4 is 39.4 Å². The van der Waals surface area contributed by atoms with E-state index in [4.69, 9.17) is 11.6 Å². The lowest BCUT2D eigenvalue weighted by Crippen LogP contribution is -2.44. The lowest BCUT2D eigenvalue weighted by molar-refractivity contribution is -0.140. The van der Waals surface area contributed by atoms with Crippen LogP contribution in [0, 0.1) is 6.92 Å². The number of thioether (sulfide) groups is 1. The molecule has 2 atom stereocenters. The van der Waals surface area contributed by atoms with Gasteiger partial charge >= 0.3 is 5.97 Å². The van der Waals surface area contributed by atoms with Crippen LogP contribution >= 0.6 is 23.4 Å². The summed E-state index contributed by atoms with van der Waals surface area (Å²) < 4.78 is 26.3. The maximum absolute atomic E-state index is 12.7. The number of carboxylic acid groups (broad SMARTS) is 1. The number of nitrogens with zero attached hydrogens (tertiary/aromatic N) is 1. The van der Waals surface area contributed by atoms with Gasteiger partial charge in [-0.2, -0.15) is 4.31 Å². The van der Waals surface area contributed by atoms with Crippen LogP contribution in [0.1, 0.15) is 12.5 Å². The first-order valence-electron chi connectivity index (χ1n) is 5.89. The number of carbonyl (C=O) groups is 1. The zero-order chi connectivity index (χ0) is 15.1. The molecule has 1 saturated heterocycles. The maximum Gasteiger partial charge on any atom is 0.322 e. The molecule has 1 fully saturated rings. The first-order valence-corrected chi connectivity index (χ1v) is 8.76. The number of halogens is 1. The van der Waals surface area contributed by atoms with Gasteiger partial charge in [-0.25, -0.2) is 8.42 Å². The molecular weight excluding hydrogens is 322 g/mol. The smallest absolute Gasteiger partial charge is 0.322 e. The number of carboxylic acids is 1. The van der Waals surface area contributed by atoms with Gasteiger partial charge in [-0.05, 0) is 31.5 Å². The highest BCUT2D eigenvalue weighted by Gasteiger charge is 2.45. The van der Waals surface area contributed by atoms with Crippen molar-refractivity contribution in [2.75, 3.05) is 5.75 Å². The number of rotatable bonds is 3. The molecule has 1 heterocycles. The van der Waals surface area contributed by atoms with Crippen molar-refractivity contribution in [3.8, 4) is 0 Å². The van der Waals surface area contributed by atoms with Crippen molar-refractivity contribution in [1.29, 1.82) is 0 Å². The molecule has 0 spiro atoms. The third-order valence-electron chi connectivity index (χ3n) is 3.09. The normalized spacial score (nSPS) is 23.9. The molecule has 1 aliphatic heterocycles. The minimum atomic E-state index is -3.93. The fourth-order valence-corrected chi connectivity index (χ4v) is 5.97. The van der Waals surface area contributed by atoms with Gasteiger partial charge in [0.05, 0.1) is 10.4 Å². The maximum atomic E-state index is 12.7. The molecule has 0 saturated carbocycles. The van der Waals surface area contributed by atoms with E-state index in [1.807, 2.05) is 0 Å². The van der Waals surface area contributed by atoms with Gasteiger partial charge in [0.15, 0.2) is 0 Å². The van der Waals surface area contributed by atoms with E-state index in [2.05, 4.69) is 0 Å². The van der Waals surface area contributed by atoms with Crippen molar-refractivity contribution in [2.24, 2.45) is 0 Å². The molecule has 5 nitrogen and oxygen atoms in total. The standard InChI is InChI=1S/C12H14ClNO4S2/c1-7-3-4-11(9(13)5-7)20(17,18)14-8(2)19-6-10(14)12(15)16/h3-5,8,10H,6H2,1-2H3,(H,15,16). The molecule has 2 rings (SSSR count). The predicted octanol–water partition coefficient (Wildman–Crippen LogP) is 2.19. The molecule has 1 aromatic carbocycles. The summed E-state index contributed by atoms with van der Waals surface area (Å²) >= 11 is 7.30. The fraction of sp³-hybridized carbons (Fsp3) is 0.417. The lowest BCUT2D eigenvalue weighted by atomic mass is 10.2. The zero-order valence-corrected chi connectivity index (χ0v) is 13.3. The topological polar surface area (TPSA) is 74.7 Å². The molecule has 20 heavy (non-hydrogen) atoms. The summed E-state index contributed by atoms with van der Waals surface area (Å²) in [4.78, 5) is 11.2. The Labute approximate surface area is 127 Å². The lowest BCUT2D eigenvalue weighted by Gasteiger charge is -2.24.